The lowest BCUT2D eigenvalue weighted by Gasteiger charge is -2.21. The van der Waals surface area contributed by atoms with Gasteiger partial charge in [-0.15, -0.1) is 0 Å². The van der Waals surface area contributed by atoms with Crippen LogP contribution < -0.4 is 10.6 Å². The summed E-state index contributed by atoms with van der Waals surface area (Å²) in [6, 6.07) is 30.2. The van der Waals surface area contributed by atoms with Gasteiger partial charge in [-0.05, 0) is 23.1 Å². The van der Waals surface area contributed by atoms with Crippen molar-refractivity contribution in [2.45, 2.75) is 18.4 Å². The molecule has 32 heavy (non-hydrogen) atoms. The topological polar surface area (TPSA) is 59.0 Å². The lowest BCUT2D eigenvalue weighted by molar-refractivity contribution is 0.238. The fraction of sp³-hybridized carbons (Fsp3) is 0.185. The molecule has 1 unspecified atom stereocenters. The third kappa shape index (κ3) is 5.24. The monoisotopic (exact) mass is 424 g/mol. The molecule has 5 heteroatoms. The van der Waals surface area contributed by atoms with E-state index in [1.165, 1.54) is 11.1 Å². The van der Waals surface area contributed by atoms with Crippen LogP contribution in [-0.2, 0) is 7.05 Å². The van der Waals surface area contributed by atoms with E-state index in [1.54, 1.807) is 6.20 Å². The van der Waals surface area contributed by atoms with Gasteiger partial charge in [-0.1, -0.05) is 91.0 Å². The summed E-state index contributed by atoms with van der Waals surface area (Å²) in [5, 5.41) is 6.14. The Bertz CT molecular complexity index is 1070. The third-order valence-corrected chi connectivity index (χ3v) is 5.65. The van der Waals surface area contributed by atoms with E-state index in [4.69, 9.17) is 0 Å². The highest BCUT2D eigenvalue weighted by Crippen LogP contribution is 2.27. The summed E-state index contributed by atoms with van der Waals surface area (Å²) in [5.41, 5.74) is 3.48. The fourth-order valence-electron chi connectivity index (χ4n) is 4.01. The SMILES string of the molecule is Cn1ccnc1C(NC(=O)NCCC(c1ccccc1)c1ccccc1)c1ccccc1. The van der Waals surface area contributed by atoms with Gasteiger partial charge in [0.05, 0.1) is 0 Å². The number of rotatable bonds is 8. The standard InChI is InChI=1S/C27H28N4O/c1-31-20-19-28-26(31)25(23-15-9-4-10-16-23)30-27(32)29-18-17-24(21-11-5-2-6-12-21)22-13-7-3-8-14-22/h2-16,19-20,24-25H,17-18H2,1H3,(H2,29,30,32). The molecule has 0 radical (unpaired) electrons. The number of nitrogens with one attached hydrogen (secondary N) is 2. The van der Waals surface area contributed by atoms with E-state index in [-0.39, 0.29) is 18.0 Å². The van der Waals surface area contributed by atoms with E-state index < -0.39 is 0 Å². The summed E-state index contributed by atoms with van der Waals surface area (Å²) in [5.74, 6) is 1.01. The zero-order valence-corrected chi connectivity index (χ0v) is 18.2. The molecule has 2 amide bonds. The van der Waals surface area contributed by atoms with Crippen molar-refractivity contribution in [3.8, 4) is 0 Å². The Morgan fingerprint density at radius 3 is 1.88 bits per heavy atom. The summed E-state index contributed by atoms with van der Waals surface area (Å²) >= 11 is 0. The van der Waals surface area contributed by atoms with Gasteiger partial charge in [-0.3, -0.25) is 0 Å². The smallest absolute Gasteiger partial charge is 0.315 e. The van der Waals surface area contributed by atoms with Gasteiger partial charge < -0.3 is 15.2 Å². The van der Waals surface area contributed by atoms with Crippen molar-refractivity contribution >= 4 is 6.03 Å². The molecule has 1 aromatic heterocycles. The van der Waals surface area contributed by atoms with Crippen molar-refractivity contribution in [2.24, 2.45) is 7.05 Å². The summed E-state index contributed by atoms with van der Waals surface area (Å²) in [6.07, 6.45) is 4.43. The van der Waals surface area contributed by atoms with Crippen molar-refractivity contribution in [3.63, 3.8) is 0 Å². The van der Waals surface area contributed by atoms with Crippen molar-refractivity contribution in [1.82, 2.24) is 20.2 Å². The minimum atomic E-state index is -0.324. The maximum absolute atomic E-state index is 12.8. The molecule has 0 bridgehead atoms. The molecule has 0 aliphatic carbocycles. The lowest BCUT2D eigenvalue weighted by atomic mass is 9.88. The summed E-state index contributed by atoms with van der Waals surface area (Å²) in [7, 11) is 1.93. The molecule has 162 valence electrons. The molecule has 1 atom stereocenters. The van der Waals surface area contributed by atoms with Crippen LogP contribution in [0.15, 0.2) is 103 Å². The van der Waals surface area contributed by atoms with Gasteiger partial charge in [0, 0.05) is 31.9 Å². The number of aryl methyl sites for hydroxylation is 1. The van der Waals surface area contributed by atoms with E-state index in [0.717, 1.165) is 17.8 Å². The number of hydrogen-bond acceptors (Lipinski definition) is 2. The average Bonchev–Trinajstić information content (AvgIpc) is 3.27. The van der Waals surface area contributed by atoms with Crippen LogP contribution in [0.25, 0.3) is 0 Å². The molecular formula is C27H28N4O. The minimum Gasteiger partial charge on any atom is -0.338 e. The minimum absolute atomic E-state index is 0.207. The largest absolute Gasteiger partial charge is 0.338 e. The second-order valence-electron chi connectivity index (χ2n) is 7.80. The average molecular weight is 425 g/mol. The Morgan fingerprint density at radius 2 is 1.38 bits per heavy atom. The fourth-order valence-corrected chi connectivity index (χ4v) is 4.01. The van der Waals surface area contributed by atoms with Crippen LogP contribution >= 0.6 is 0 Å². The zero-order chi connectivity index (χ0) is 22.2. The summed E-state index contributed by atoms with van der Waals surface area (Å²) in [4.78, 5) is 17.3. The van der Waals surface area contributed by atoms with E-state index >= 15 is 0 Å². The van der Waals surface area contributed by atoms with Crippen LogP contribution in [0.5, 0.6) is 0 Å². The first-order chi connectivity index (χ1) is 15.7. The van der Waals surface area contributed by atoms with Gasteiger partial charge in [0.2, 0.25) is 0 Å². The van der Waals surface area contributed by atoms with Crippen LogP contribution in [0.2, 0.25) is 0 Å². The number of imidazole rings is 1. The van der Waals surface area contributed by atoms with Crippen LogP contribution in [0.1, 0.15) is 40.9 Å². The van der Waals surface area contributed by atoms with E-state index in [0.29, 0.717) is 6.54 Å². The van der Waals surface area contributed by atoms with Gasteiger partial charge >= 0.3 is 6.03 Å². The second-order valence-corrected chi connectivity index (χ2v) is 7.80. The van der Waals surface area contributed by atoms with E-state index in [9.17, 15) is 4.79 Å². The Labute approximate surface area is 189 Å². The highest BCUT2D eigenvalue weighted by Gasteiger charge is 2.21. The summed E-state index contributed by atoms with van der Waals surface area (Å²) < 4.78 is 1.93. The normalized spacial score (nSPS) is 11.8. The highest BCUT2D eigenvalue weighted by molar-refractivity contribution is 5.74. The molecule has 5 nitrogen and oxygen atoms in total. The predicted molar refractivity (Wildman–Crippen MR) is 127 cm³/mol. The second kappa shape index (κ2) is 10.4. The van der Waals surface area contributed by atoms with Gasteiger partial charge in [0.15, 0.2) is 0 Å². The number of benzene rings is 3. The maximum atomic E-state index is 12.8. The Hall–Kier alpha value is -3.86. The third-order valence-electron chi connectivity index (χ3n) is 5.65. The van der Waals surface area contributed by atoms with Gasteiger partial charge in [0.1, 0.15) is 11.9 Å². The highest BCUT2D eigenvalue weighted by atomic mass is 16.2. The number of urea groups is 1. The van der Waals surface area contributed by atoms with Gasteiger partial charge in [-0.2, -0.15) is 0 Å². The van der Waals surface area contributed by atoms with Crippen molar-refractivity contribution in [3.05, 3.63) is 126 Å². The number of hydrogen-bond donors (Lipinski definition) is 2. The molecule has 0 fully saturated rings. The number of carbonyl (C=O) groups is 1. The van der Waals surface area contributed by atoms with Gasteiger partial charge in [0.25, 0.3) is 0 Å². The quantitative estimate of drug-likeness (QED) is 0.417. The molecule has 0 aliphatic heterocycles. The first kappa shape index (κ1) is 21.4. The Morgan fingerprint density at radius 1 is 0.844 bits per heavy atom. The van der Waals surface area contributed by atoms with Crippen LogP contribution in [0.3, 0.4) is 0 Å². The molecule has 4 rings (SSSR count). The molecule has 4 aromatic rings. The zero-order valence-electron chi connectivity index (χ0n) is 18.2. The number of aromatic nitrogens is 2. The summed E-state index contributed by atoms with van der Waals surface area (Å²) in [6.45, 7) is 0.558. The van der Waals surface area contributed by atoms with E-state index in [2.05, 4.69) is 64.1 Å². The number of carbonyl (C=O) groups excluding carboxylic acids is 1. The maximum Gasteiger partial charge on any atom is 0.315 e. The van der Waals surface area contributed by atoms with Crippen LogP contribution in [0.4, 0.5) is 4.79 Å². The van der Waals surface area contributed by atoms with E-state index in [1.807, 2.05) is 60.3 Å². The number of amides is 2. The first-order valence-electron chi connectivity index (χ1n) is 10.9. The van der Waals surface area contributed by atoms with Crippen molar-refractivity contribution < 1.29 is 4.79 Å². The molecular weight excluding hydrogens is 396 g/mol. The molecule has 0 saturated carbocycles. The van der Waals surface area contributed by atoms with Crippen LogP contribution in [-0.4, -0.2) is 22.1 Å². The Kier molecular flexibility index (Phi) is 6.98. The van der Waals surface area contributed by atoms with Gasteiger partial charge in [-0.25, -0.2) is 9.78 Å². The molecule has 0 aliphatic rings. The molecule has 0 saturated heterocycles. The number of nitrogens with zero attached hydrogens (tertiary/aromatic N) is 2. The first-order valence-corrected chi connectivity index (χ1v) is 10.9. The molecule has 1 heterocycles. The lowest BCUT2D eigenvalue weighted by Crippen LogP contribution is -2.40. The van der Waals surface area contributed by atoms with Crippen molar-refractivity contribution in [2.75, 3.05) is 6.54 Å². The Balaban J connectivity index is 1.43. The van der Waals surface area contributed by atoms with Crippen LogP contribution in [0, 0.1) is 0 Å². The molecule has 0 spiro atoms. The molecule has 3 aromatic carbocycles. The predicted octanol–water partition coefficient (Wildman–Crippen LogP) is 5.03. The molecule has 2 N–H and O–H groups in total. The van der Waals surface area contributed by atoms with Crippen molar-refractivity contribution in [1.29, 1.82) is 0 Å².